The summed E-state index contributed by atoms with van der Waals surface area (Å²) in [6.45, 7) is 4.04. The van der Waals surface area contributed by atoms with Crippen LogP contribution in [0.25, 0.3) is 10.2 Å². The second-order valence-electron chi connectivity index (χ2n) is 4.35. The maximum absolute atomic E-state index is 13.4. The second kappa shape index (κ2) is 5.10. The third-order valence-corrected chi connectivity index (χ3v) is 4.55. The summed E-state index contributed by atoms with van der Waals surface area (Å²) in [5.74, 6) is 0.493. The number of hydrogen-bond acceptors (Lipinski definition) is 4. The highest BCUT2D eigenvalue weighted by Gasteiger charge is 2.14. The summed E-state index contributed by atoms with van der Waals surface area (Å²) in [6.07, 6.45) is 1.46. The first-order valence-corrected chi connectivity index (χ1v) is 7.50. The molecule has 6 heteroatoms. The fourth-order valence-corrected chi connectivity index (χ4v) is 3.36. The van der Waals surface area contributed by atoms with Crippen LogP contribution in [0.4, 0.5) is 4.39 Å². The highest BCUT2D eigenvalue weighted by molar-refractivity contribution is 9.10. The second-order valence-corrected chi connectivity index (χ2v) is 6.47. The standard InChI is InChI=1S/C14H10BrFN2OS/c1-7-8(2)20-14-12(7)13(17-6-18-14)19-11-4-9(15)3-10(16)5-11/h3-6H,1-2H3. The Morgan fingerprint density at radius 3 is 2.75 bits per heavy atom. The van der Waals surface area contributed by atoms with Gasteiger partial charge in [0.25, 0.3) is 0 Å². The van der Waals surface area contributed by atoms with Gasteiger partial charge in [-0.25, -0.2) is 14.4 Å². The number of thiophene rings is 1. The molecule has 2 heterocycles. The summed E-state index contributed by atoms with van der Waals surface area (Å²) in [6, 6.07) is 4.40. The molecular formula is C14H10BrFN2OS. The number of nitrogens with zero attached hydrogens (tertiary/aromatic N) is 2. The molecule has 3 nitrogen and oxygen atoms in total. The molecule has 2 aromatic heterocycles. The molecule has 3 aromatic rings. The van der Waals surface area contributed by atoms with Crippen LogP contribution < -0.4 is 4.74 Å². The van der Waals surface area contributed by atoms with Gasteiger partial charge in [-0.3, -0.25) is 0 Å². The van der Waals surface area contributed by atoms with E-state index in [9.17, 15) is 4.39 Å². The monoisotopic (exact) mass is 352 g/mol. The molecule has 1 aromatic carbocycles. The van der Waals surface area contributed by atoms with Crippen LogP contribution in [-0.2, 0) is 0 Å². The number of benzene rings is 1. The van der Waals surface area contributed by atoms with E-state index in [1.165, 1.54) is 23.3 Å². The van der Waals surface area contributed by atoms with Gasteiger partial charge in [0.2, 0.25) is 5.88 Å². The minimum atomic E-state index is -0.363. The number of hydrogen-bond donors (Lipinski definition) is 0. The van der Waals surface area contributed by atoms with Gasteiger partial charge in [-0.1, -0.05) is 15.9 Å². The Hall–Kier alpha value is -1.53. The Balaban J connectivity index is 2.10. The fourth-order valence-electron chi connectivity index (χ4n) is 1.93. The Morgan fingerprint density at radius 1 is 1.20 bits per heavy atom. The van der Waals surface area contributed by atoms with Crippen LogP contribution in [0.3, 0.4) is 0 Å². The first-order valence-electron chi connectivity index (χ1n) is 5.89. The van der Waals surface area contributed by atoms with Crippen LogP contribution in [0.2, 0.25) is 0 Å². The first-order chi connectivity index (χ1) is 9.54. The van der Waals surface area contributed by atoms with E-state index in [1.807, 2.05) is 13.8 Å². The molecule has 0 radical (unpaired) electrons. The SMILES string of the molecule is Cc1sc2ncnc(Oc3cc(F)cc(Br)c3)c2c1C. The van der Waals surface area contributed by atoms with E-state index in [1.54, 1.807) is 17.4 Å². The molecule has 0 amide bonds. The summed E-state index contributed by atoms with van der Waals surface area (Å²) in [5.41, 5.74) is 1.09. The van der Waals surface area contributed by atoms with E-state index in [0.717, 1.165) is 15.8 Å². The van der Waals surface area contributed by atoms with E-state index in [0.29, 0.717) is 16.1 Å². The van der Waals surface area contributed by atoms with Crippen LogP contribution in [0.15, 0.2) is 29.0 Å². The van der Waals surface area contributed by atoms with E-state index in [4.69, 9.17) is 4.74 Å². The van der Waals surface area contributed by atoms with Crippen molar-refractivity contribution in [3.8, 4) is 11.6 Å². The van der Waals surface area contributed by atoms with Gasteiger partial charge in [-0.15, -0.1) is 11.3 Å². The predicted molar refractivity (Wildman–Crippen MR) is 81.1 cm³/mol. The Labute approximate surface area is 127 Å². The zero-order chi connectivity index (χ0) is 14.3. The van der Waals surface area contributed by atoms with Crippen molar-refractivity contribution in [3.63, 3.8) is 0 Å². The Kier molecular flexibility index (Phi) is 3.43. The number of halogens is 2. The van der Waals surface area contributed by atoms with E-state index in [-0.39, 0.29) is 5.82 Å². The van der Waals surface area contributed by atoms with Crippen molar-refractivity contribution >= 4 is 37.5 Å². The minimum absolute atomic E-state index is 0.363. The third kappa shape index (κ3) is 2.41. The summed E-state index contributed by atoms with van der Waals surface area (Å²) < 4.78 is 19.7. The van der Waals surface area contributed by atoms with Crippen LogP contribution in [0, 0.1) is 19.7 Å². The van der Waals surface area contributed by atoms with Gasteiger partial charge in [-0.2, -0.15) is 0 Å². The first kappa shape index (κ1) is 13.5. The van der Waals surface area contributed by atoms with Gasteiger partial charge < -0.3 is 4.74 Å². The Bertz CT molecular complexity index is 783. The summed E-state index contributed by atoms with van der Waals surface area (Å²) in [4.78, 5) is 10.5. The number of ether oxygens (including phenoxy) is 1. The van der Waals surface area contributed by atoms with Crippen molar-refractivity contribution in [3.05, 3.63) is 45.3 Å². The van der Waals surface area contributed by atoms with Crippen LogP contribution in [-0.4, -0.2) is 9.97 Å². The van der Waals surface area contributed by atoms with Crippen molar-refractivity contribution in [1.82, 2.24) is 9.97 Å². The number of rotatable bonds is 2. The van der Waals surface area contributed by atoms with Gasteiger partial charge in [-0.05, 0) is 31.5 Å². The van der Waals surface area contributed by atoms with Crippen molar-refractivity contribution in [1.29, 1.82) is 0 Å². The summed E-state index contributed by atoms with van der Waals surface area (Å²) >= 11 is 4.84. The zero-order valence-electron chi connectivity index (χ0n) is 10.8. The molecule has 0 spiro atoms. The van der Waals surface area contributed by atoms with E-state index in [2.05, 4.69) is 25.9 Å². The largest absolute Gasteiger partial charge is 0.438 e. The topological polar surface area (TPSA) is 35.0 Å². The van der Waals surface area contributed by atoms with Crippen molar-refractivity contribution in [2.45, 2.75) is 13.8 Å². The van der Waals surface area contributed by atoms with E-state index < -0.39 is 0 Å². The molecule has 0 atom stereocenters. The van der Waals surface area contributed by atoms with Crippen LogP contribution >= 0.6 is 27.3 Å². The molecule has 0 bridgehead atoms. The molecule has 0 unspecified atom stereocenters. The number of aryl methyl sites for hydroxylation is 2. The lowest BCUT2D eigenvalue weighted by Crippen LogP contribution is -1.91. The molecule has 0 saturated carbocycles. The molecule has 0 aliphatic rings. The molecule has 0 aliphatic heterocycles. The average Bonchev–Trinajstić information content (AvgIpc) is 2.65. The lowest BCUT2D eigenvalue weighted by molar-refractivity contribution is 0.462. The third-order valence-electron chi connectivity index (χ3n) is 2.98. The van der Waals surface area contributed by atoms with Gasteiger partial charge >= 0.3 is 0 Å². The summed E-state index contributed by atoms with van der Waals surface area (Å²) in [7, 11) is 0. The summed E-state index contributed by atoms with van der Waals surface area (Å²) in [5, 5.41) is 0.885. The molecule has 3 rings (SSSR count). The van der Waals surface area contributed by atoms with Gasteiger partial charge in [0.1, 0.15) is 22.7 Å². The van der Waals surface area contributed by atoms with E-state index >= 15 is 0 Å². The maximum atomic E-state index is 13.4. The lowest BCUT2D eigenvalue weighted by atomic mass is 10.2. The average molecular weight is 353 g/mol. The number of aromatic nitrogens is 2. The molecule has 20 heavy (non-hydrogen) atoms. The van der Waals surface area contributed by atoms with Crippen LogP contribution in [0.5, 0.6) is 11.6 Å². The van der Waals surface area contributed by atoms with Crippen molar-refractivity contribution in [2.24, 2.45) is 0 Å². The molecule has 0 fully saturated rings. The molecule has 0 aliphatic carbocycles. The van der Waals surface area contributed by atoms with Crippen molar-refractivity contribution in [2.75, 3.05) is 0 Å². The Morgan fingerprint density at radius 2 is 2.00 bits per heavy atom. The smallest absolute Gasteiger partial charge is 0.231 e. The van der Waals surface area contributed by atoms with Gasteiger partial charge in [0.05, 0.1) is 5.39 Å². The zero-order valence-corrected chi connectivity index (χ0v) is 13.2. The van der Waals surface area contributed by atoms with Gasteiger partial charge in [0.15, 0.2) is 0 Å². The highest BCUT2D eigenvalue weighted by atomic mass is 79.9. The fraction of sp³-hybridized carbons (Fsp3) is 0.143. The molecular weight excluding hydrogens is 343 g/mol. The van der Waals surface area contributed by atoms with Gasteiger partial charge in [0, 0.05) is 15.4 Å². The van der Waals surface area contributed by atoms with Crippen molar-refractivity contribution < 1.29 is 9.13 Å². The predicted octanol–water partition coefficient (Wildman–Crippen LogP) is 5.00. The lowest BCUT2D eigenvalue weighted by Gasteiger charge is -2.07. The molecule has 0 N–H and O–H groups in total. The normalized spacial score (nSPS) is 11.0. The number of fused-ring (bicyclic) bond motifs is 1. The quantitative estimate of drug-likeness (QED) is 0.650. The highest BCUT2D eigenvalue weighted by Crippen LogP contribution is 2.36. The minimum Gasteiger partial charge on any atom is -0.438 e. The van der Waals surface area contributed by atoms with Crippen LogP contribution in [0.1, 0.15) is 10.4 Å². The molecule has 0 saturated heterocycles. The molecule has 102 valence electrons. The maximum Gasteiger partial charge on any atom is 0.231 e.